The van der Waals surface area contributed by atoms with Crippen LogP contribution in [0.3, 0.4) is 0 Å². The molecule has 1 aromatic heterocycles. The molecule has 0 radical (unpaired) electrons. The van der Waals surface area contributed by atoms with Gasteiger partial charge in [0.05, 0.1) is 17.0 Å². The highest BCUT2D eigenvalue weighted by molar-refractivity contribution is 7.99. The Kier molecular flexibility index (Phi) is 5.13. The molecule has 0 saturated carbocycles. The predicted octanol–water partition coefficient (Wildman–Crippen LogP) is 2.47. The highest BCUT2D eigenvalue weighted by atomic mass is 32.2. The van der Waals surface area contributed by atoms with E-state index in [9.17, 15) is 9.90 Å². The molecule has 144 valence electrons. The molecule has 1 aromatic carbocycles. The molecule has 2 heterocycles. The van der Waals surface area contributed by atoms with E-state index in [2.05, 4.69) is 21.4 Å². The van der Waals surface area contributed by atoms with E-state index in [0.29, 0.717) is 11.6 Å². The highest BCUT2D eigenvalue weighted by Crippen LogP contribution is 2.43. The Morgan fingerprint density at radius 2 is 2.22 bits per heavy atom. The number of carbonyl (C=O) groups excluding carboxylic acids is 1. The lowest BCUT2D eigenvalue weighted by atomic mass is 10.0. The van der Waals surface area contributed by atoms with Crippen molar-refractivity contribution in [1.82, 2.24) is 15.3 Å². The average molecular weight is 407 g/mol. The normalized spacial score (nSPS) is 15.4. The van der Waals surface area contributed by atoms with Gasteiger partial charge in [-0.15, -0.1) is 11.3 Å². The van der Waals surface area contributed by atoms with E-state index < -0.39 is 5.60 Å². The zero-order valence-electron chi connectivity index (χ0n) is 15.2. The van der Waals surface area contributed by atoms with Gasteiger partial charge in [0.15, 0.2) is 0 Å². The molecule has 4 rings (SSSR count). The molecule has 1 aliphatic carbocycles. The molecular formula is C18H22N4O3S2. The van der Waals surface area contributed by atoms with Crippen LogP contribution in [0.2, 0.25) is 0 Å². The smallest absolute Gasteiger partial charge is 0.229 e. The zero-order chi connectivity index (χ0) is 19.0. The van der Waals surface area contributed by atoms with Crippen LogP contribution in [-0.4, -0.2) is 23.1 Å². The Morgan fingerprint density at radius 3 is 2.96 bits per heavy atom. The molecule has 0 fully saturated rings. The first-order chi connectivity index (χ1) is 13.0. The molecule has 1 aliphatic heterocycles. The fraction of sp³-hybridized carbons (Fsp3) is 0.444. The summed E-state index contributed by atoms with van der Waals surface area (Å²) in [6.45, 7) is 4.06. The van der Waals surface area contributed by atoms with E-state index in [1.807, 2.05) is 0 Å². The highest BCUT2D eigenvalue weighted by Gasteiger charge is 2.28. The molecule has 3 N–H and O–H groups in total. The minimum atomic E-state index is -0.964. The summed E-state index contributed by atoms with van der Waals surface area (Å²) in [5.74, 6) is 0.809. The van der Waals surface area contributed by atoms with Gasteiger partial charge in [0.1, 0.15) is 22.0 Å². The largest absolute Gasteiger partial charge is 0.491 e. The molecule has 0 bridgehead atoms. The number of benzene rings is 1. The van der Waals surface area contributed by atoms with E-state index >= 15 is 0 Å². The first kappa shape index (κ1) is 18.7. The lowest BCUT2D eigenvalue weighted by Gasteiger charge is -2.23. The van der Waals surface area contributed by atoms with Gasteiger partial charge in [-0.3, -0.25) is 4.79 Å². The summed E-state index contributed by atoms with van der Waals surface area (Å²) >= 11 is 2.71. The predicted molar refractivity (Wildman–Crippen MR) is 106 cm³/mol. The van der Waals surface area contributed by atoms with Gasteiger partial charge in [-0.25, -0.2) is 9.99 Å². The fourth-order valence-corrected chi connectivity index (χ4v) is 5.00. The van der Waals surface area contributed by atoms with Gasteiger partial charge in [-0.2, -0.15) is 10.4 Å². The molecule has 0 unspecified atom stereocenters. The molecule has 1 amide bonds. The Labute approximate surface area is 166 Å². The van der Waals surface area contributed by atoms with Crippen LogP contribution in [0, 0.1) is 0 Å². The second-order valence-corrected chi connectivity index (χ2v) is 9.28. The third-order valence-electron chi connectivity index (χ3n) is 4.69. The standard InChI is InChI=1S/C18H22N4O3S2/c1-18(2,24)17-19-9-14(26-17)27-21-20-22(10-23)15-13-5-3-4-11(13)8-12-6-7-25-16(12)15/h8-10,20-21,24H,3-7H2,1-2H3. The summed E-state index contributed by atoms with van der Waals surface area (Å²) < 4.78 is 6.71. The number of nitrogens with one attached hydrogen (secondary N) is 2. The zero-order valence-corrected chi connectivity index (χ0v) is 16.9. The molecule has 0 atom stereocenters. The molecule has 0 spiro atoms. The SMILES string of the molecule is CC(C)(O)c1ncc(SNNN(C=O)c2c3c(cc4c2OCC4)CCC3)s1. The van der Waals surface area contributed by atoms with E-state index in [1.54, 1.807) is 20.0 Å². The number of fused-ring (bicyclic) bond motifs is 2. The second kappa shape index (κ2) is 7.40. The van der Waals surface area contributed by atoms with E-state index in [-0.39, 0.29) is 0 Å². The van der Waals surface area contributed by atoms with E-state index in [4.69, 9.17) is 4.74 Å². The first-order valence-electron chi connectivity index (χ1n) is 8.88. The van der Waals surface area contributed by atoms with Crippen LogP contribution in [0.5, 0.6) is 5.75 Å². The second-order valence-electron chi connectivity index (χ2n) is 7.14. The van der Waals surface area contributed by atoms with Gasteiger partial charge in [-0.1, -0.05) is 6.07 Å². The number of hydrogen-bond donors (Lipinski definition) is 3. The molecule has 2 aromatic rings. The van der Waals surface area contributed by atoms with Crippen molar-refractivity contribution in [2.75, 3.05) is 11.6 Å². The topological polar surface area (TPSA) is 86.7 Å². The minimum Gasteiger partial charge on any atom is -0.491 e. The average Bonchev–Trinajstić information content (AvgIpc) is 3.35. The number of amides is 1. The van der Waals surface area contributed by atoms with Crippen LogP contribution < -0.4 is 20.1 Å². The Bertz CT molecular complexity index is 831. The first-order valence-corrected chi connectivity index (χ1v) is 10.5. The number of thiazole rings is 1. The van der Waals surface area contributed by atoms with Crippen LogP contribution in [0.15, 0.2) is 16.5 Å². The number of anilines is 1. The van der Waals surface area contributed by atoms with Crippen molar-refractivity contribution >= 4 is 35.4 Å². The van der Waals surface area contributed by atoms with Crippen LogP contribution in [0.1, 0.15) is 42.0 Å². The number of ether oxygens (including phenoxy) is 1. The maximum absolute atomic E-state index is 11.8. The molecule has 0 saturated heterocycles. The lowest BCUT2D eigenvalue weighted by Crippen LogP contribution is -2.44. The number of aromatic nitrogens is 1. The molecule has 9 heteroatoms. The van der Waals surface area contributed by atoms with Gasteiger partial charge >= 0.3 is 0 Å². The van der Waals surface area contributed by atoms with Crippen molar-refractivity contribution in [2.45, 2.75) is 49.3 Å². The minimum absolute atomic E-state index is 0.645. The number of aliphatic hydroxyl groups is 1. The third-order valence-corrected chi connectivity index (χ3v) is 6.80. The van der Waals surface area contributed by atoms with Crippen LogP contribution in [0.4, 0.5) is 5.69 Å². The third kappa shape index (κ3) is 3.70. The van der Waals surface area contributed by atoms with Gasteiger partial charge in [0.2, 0.25) is 6.41 Å². The molecular weight excluding hydrogens is 384 g/mol. The van der Waals surface area contributed by atoms with Crippen LogP contribution in [0.25, 0.3) is 0 Å². The van der Waals surface area contributed by atoms with Crippen LogP contribution in [-0.2, 0) is 29.7 Å². The summed E-state index contributed by atoms with van der Waals surface area (Å²) in [4.78, 5) is 19.0. The summed E-state index contributed by atoms with van der Waals surface area (Å²) in [7, 11) is 0. The van der Waals surface area contributed by atoms with E-state index in [1.165, 1.54) is 45.0 Å². The van der Waals surface area contributed by atoms with Gasteiger partial charge in [0.25, 0.3) is 0 Å². The monoisotopic (exact) mass is 406 g/mol. The maximum atomic E-state index is 11.8. The quantitative estimate of drug-likeness (QED) is 0.370. The van der Waals surface area contributed by atoms with Crippen molar-refractivity contribution in [2.24, 2.45) is 0 Å². The van der Waals surface area contributed by atoms with Gasteiger partial charge in [0, 0.05) is 12.0 Å². The fourth-order valence-electron chi connectivity index (χ4n) is 3.47. The summed E-state index contributed by atoms with van der Waals surface area (Å²) in [6.07, 6.45) is 6.43. The Hall–Kier alpha value is -1.65. The van der Waals surface area contributed by atoms with Crippen molar-refractivity contribution in [3.63, 3.8) is 0 Å². The molecule has 7 nitrogen and oxygen atoms in total. The lowest BCUT2D eigenvalue weighted by molar-refractivity contribution is -0.108. The van der Waals surface area contributed by atoms with Crippen molar-refractivity contribution in [3.8, 4) is 5.75 Å². The van der Waals surface area contributed by atoms with Gasteiger partial charge < -0.3 is 9.84 Å². The summed E-state index contributed by atoms with van der Waals surface area (Å²) in [6, 6.07) is 2.23. The van der Waals surface area contributed by atoms with Crippen molar-refractivity contribution in [3.05, 3.63) is 34.0 Å². The number of aryl methyl sites for hydroxylation is 1. The molecule has 27 heavy (non-hydrogen) atoms. The van der Waals surface area contributed by atoms with Crippen molar-refractivity contribution < 1.29 is 14.6 Å². The Morgan fingerprint density at radius 1 is 1.37 bits per heavy atom. The summed E-state index contributed by atoms with van der Waals surface area (Å²) in [5.41, 5.74) is 6.48. The van der Waals surface area contributed by atoms with Crippen LogP contribution >= 0.6 is 23.3 Å². The summed E-state index contributed by atoms with van der Waals surface area (Å²) in [5, 5.41) is 12.1. The number of nitrogens with zero attached hydrogens (tertiary/aromatic N) is 2. The van der Waals surface area contributed by atoms with Gasteiger partial charge in [-0.05, 0) is 56.2 Å². The number of rotatable bonds is 7. The Balaban J connectivity index is 1.49. The van der Waals surface area contributed by atoms with Crippen molar-refractivity contribution in [1.29, 1.82) is 0 Å². The maximum Gasteiger partial charge on any atom is 0.229 e. The number of carbonyl (C=O) groups is 1. The number of hydrogen-bond acceptors (Lipinski definition) is 8. The number of hydrazine groups is 2. The molecule has 2 aliphatic rings. The van der Waals surface area contributed by atoms with E-state index in [0.717, 1.165) is 47.7 Å².